The summed E-state index contributed by atoms with van der Waals surface area (Å²) in [4.78, 5) is 18.9. The summed E-state index contributed by atoms with van der Waals surface area (Å²) in [6.45, 7) is 7.37. The molecule has 0 radical (unpaired) electrons. The fraction of sp³-hybridized carbons (Fsp3) is 0.444. The zero-order chi connectivity index (χ0) is 17.3. The molecule has 0 atom stereocenters. The van der Waals surface area contributed by atoms with E-state index in [0.717, 1.165) is 0 Å². The molecule has 0 bridgehead atoms. The zero-order valence-electron chi connectivity index (χ0n) is 14.1. The second-order valence-corrected chi connectivity index (χ2v) is 6.62. The number of halogens is 1. The highest BCUT2D eigenvalue weighted by Gasteiger charge is 2.34. The van der Waals surface area contributed by atoms with Gasteiger partial charge in [0.25, 0.3) is 0 Å². The molecule has 3 rings (SSSR count). The topological polar surface area (TPSA) is 55.6 Å². The van der Waals surface area contributed by atoms with Crippen molar-refractivity contribution in [2.24, 2.45) is 0 Å². The highest BCUT2D eigenvalue weighted by atomic mass is 19.1. The third-order valence-electron chi connectivity index (χ3n) is 4.23. The lowest BCUT2D eigenvalue weighted by atomic mass is 10.0. The number of benzene rings is 1. The molecule has 0 N–H and O–H groups in total. The van der Waals surface area contributed by atoms with E-state index < -0.39 is 0 Å². The summed E-state index contributed by atoms with van der Waals surface area (Å²) in [6, 6.07) is 6.06. The van der Waals surface area contributed by atoms with E-state index in [4.69, 9.17) is 9.15 Å². The molecular weight excluding hydrogens is 311 g/mol. The maximum absolute atomic E-state index is 13.4. The van der Waals surface area contributed by atoms with Crippen molar-refractivity contribution in [3.63, 3.8) is 0 Å². The molecule has 0 spiro atoms. The molecule has 1 aliphatic rings. The van der Waals surface area contributed by atoms with Crippen LogP contribution in [0.1, 0.15) is 25.3 Å². The van der Waals surface area contributed by atoms with Crippen molar-refractivity contribution in [1.82, 2.24) is 9.88 Å². The molecule has 1 aromatic heterocycles. The van der Waals surface area contributed by atoms with E-state index >= 15 is 0 Å². The number of carbonyl (C=O) groups excluding carboxylic acids is 1. The van der Waals surface area contributed by atoms with Crippen LogP contribution in [-0.2, 0) is 16.0 Å². The summed E-state index contributed by atoms with van der Waals surface area (Å²) in [6.07, 6.45) is 0.161. The molecule has 1 saturated heterocycles. The quantitative estimate of drug-likeness (QED) is 0.867. The predicted octanol–water partition coefficient (Wildman–Crippen LogP) is 2.97. The van der Waals surface area contributed by atoms with Gasteiger partial charge in [0.05, 0.1) is 30.9 Å². The lowest BCUT2D eigenvalue weighted by molar-refractivity contribution is -0.145. The van der Waals surface area contributed by atoms with Crippen molar-refractivity contribution in [2.45, 2.75) is 32.7 Å². The smallest absolute Gasteiger partial charge is 0.229 e. The summed E-state index contributed by atoms with van der Waals surface area (Å²) in [5, 5.41) is 0. The molecule has 0 aliphatic carbocycles. The number of rotatable bonds is 3. The minimum atomic E-state index is -0.351. The molecule has 0 saturated carbocycles. The standard InChI is InChI=1S/C18H21FN2O3/c1-12-15(10-16(22)21-7-8-23-11-18(21,2)3)20-17(24-12)13-5-4-6-14(19)9-13/h4-6,9H,7-8,10-11H2,1-3H3. The lowest BCUT2D eigenvalue weighted by Crippen LogP contribution is -2.56. The first-order valence-corrected chi connectivity index (χ1v) is 7.97. The number of oxazole rings is 1. The van der Waals surface area contributed by atoms with Crippen LogP contribution in [-0.4, -0.2) is 41.1 Å². The summed E-state index contributed by atoms with van der Waals surface area (Å²) in [5.74, 6) is 0.547. The van der Waals surface area contributed by atoms with Gasteiger partial charge in [-0.25, -0.2) is 9.37 Å². The Labute approximate surface area is 140 Å². The van der Waals surface area contributed by atoms with E-state index in [2.05, 4.69) is 4.98 Å². The van der Waals surface area contributed by atoms with Crippen molar-refractivity contribution >= 4 is 5.91 Å². The molecule has 0 unspecified atom stereocenters. The monoisotopic (exact) mass is 332 g/mol. The normalized spacial score (nSPS) is 17.1. The highest BCUT2D eigenvalue weighted by molar-refractivity contribution is 5.79. The number of morpholine rings is 1. The van der Waals surface area contributed by atoms with Gasteiger partial charge in [-0.15, -0.1) is 0 Å². The number of hydrogen-bond donors (Lipinski definition) is 0. The summed E-state index contributed by atoms with van der Waals surface area (Å²) in [5.41, 5.74) is 0.809. The Balaban J connectivity index is 1.79. The van der Waals surface area contributed by atoms with Crippen LogP contribution in [0.25, 0.3) is 11.5 Å². The zero-order valence-corrected chi connectivity index (χ0v) is 14.1. The molecule has 128 valence electrons. The van der Waals surface area contributed by atoms with Crippen molar-refractivity contribution in [2.75, 3.05) is 19.8 Å². The molecule has 1 aliphatic heterocycles. The molecule has 6 heteroatoms. The van der Waals surface area contributed by atoms with Crippen LogP contribution in [0.5, 0.6) is 0 Å². The first-order chi connectivity index (χ1) is 11.4. The number of aryl methyl sites for hydroxylation is 1. The molecule has 2 heterocycles. The fourth-order valence-electron chi connectivity index (χ4n) is 2.90. The Morgan fingerprint density at radius 3 is 2.92 bits per heavy atom. The second kappa shape index (κ2) is 6.36. The van der Waals surface area contributed by atoms with E-state index in [0.29, 0.717) is 42.7 Å². The average Bonchev–Trinajstić information content (AvgIpc) is 2.88. The van der Waals surface area contributed by atoms with Gasteiger partial charge in [-0.3, -0.25) is 4.79 Å². The van der Waals surface area contributed by atoms with E-state index in [1.165, 1.54) is 12.1 Å². The molecule has 5 nitrogen and oxygen atoms in total. The average molecular weight is 332 g/mol. The van der Waals surface area contributed by atoms with Gasteiger partial charge in [0, 0.05) is 12.1 Å². The highest BCUT2D eigenvalue weighted by Crippen LogP contribution is 2.24. The van der Waals surface area contributed by atoms with Gasteiger partial charge in [0.2, 0.25) is 11.8 Å². The van der Waals surface area contributed by atoms with E-state index in [1.54, 1.807) is 19.1 Å². The van der Waals surface area contributed by atoms with Gasteiger partial charge in [-0.2, -0.15) is 0 Å². The molecule has 24 heavy (non-hydrogen) atoms. The van der Waals surface area contributed by atoms with Crippen molar-refractivity contribution in [3.05, 3.63) is 41.5 Å². The van der Waals surface area contributed by atoms with E-state index in [-0.39, 0.29) is 23.7 Å². The van der Waals surface area contributed by atoms with Crippen LogP contribution in [0.4, 0.5) is 4.39 Å². The van der Waals surface area contributed by atoms with Crippen molar-refractivity contribution < 1.29 is 18.3 Å². The Bertz CT molecular complexity index is 754. The summed E-state index contributed by atoms with van der Waals surface area (Å²) >= 11 is 0. The Hall–Kier alpha value is -2.21. The number of nitrogens with zero attached hydrogens (tertiary/aromatic N) is 2. The first-order valence-electron chi connectivity index (χ1n) is 7.97. The van der Waals surface area contributed by atoms with Crippen LogP contribution < -0.4 is 0 Å². The maximum Gasteiger partial charge on any atom is 0.229 e. The van der Waals surface area contributed by atoms with Crippen LogP contribution >= 0.6 is 0 Å². The van der Waals surface area contributed by atoms with Gasteiger partial charge in [0.15, 0.2) is 0 Å². The third kappa shape index (κ3) is 3.33. The molecular formula is C18H21FN2O3. The van der Waals surface area contributed by atoms with Gasteiger partial charge >= 0.3 is 0 Å². The van der Waals surface area contributed by atoms with Crippen LogP contribution in [0, 0.1) is 12.7 Å². The molecule has 1 aromatic carbocycles. The fourth-order valence-corrected chi connectivity index (χ4v) is 2.90. The molecule has 2 aromatic rings. The Kier molecular flexibility index (Phi) is 4.41. The number of amides is 1. The largest absolute Gasteiger partial charge is 0.441 e. The van der Waals surface area contributed by atoms with E-state index in [9.17, 15) is 9.18 Å². The Morgan fingerprint density at radius 2 is 2.21 bits per heavy atom. The third-order valence-corrected chi connectivity index (χ3v) is 4.23. The van der Waals surface area contributed by atoms with Gasteiger partial charge in [-0.05, 0) is 39.0 Å². The molecule has 1 fully saturated rings. The number of ether oxygens (including phenoxy) is 1. The minimum Gasteiger partial charge on any atom is -0.441 e. The number of carbonyl (C=O) groups is 1. The van der Waals surface area contributed by atoms with Crippen LogP contribution in [0.15, 0.2) is 28.7 Å². The number of hydrogen-bond acceptors (Lipinski definition) is 4. The number of aromatic nitrogens is 1. The van der Waals surface area contributed by atoms with E-state index in [1.807, 2.05) is 18.7 Å². The lowest BCUT2D eigenvalue weighted by Gasteiger charge is -2.42. The van der Waals surface area contributed by atoms with Gasteiger partial charge in [-0.1, -0.05) is 6.07 Å². The predicted molar refractivity (Wildman–Crippen MR) is 86.9 cm³/mol. The van der Waals surface area contributed by atoms with Gasteiger partial charge < -0.3 is 14.1 Å². The Morgan fingerprint density at radius 1 is 1.42 bits per heavy atom. The van der Waals surface area contributed by atoms with Crippen molar-refractivity contribution in [1.29, 1.82) is 0 Å². The van der Waals surface area contributed by atoms with Gasteiger partial charge in [0.1, 0.15) is 11.6 Å². The second-order valence-electron chi connectivity index (χ2n) is 6.62. The van der Waals surface area contributed by atoms with Crippen LogP contribution in [0.2, 0.25) is 0 Å². The summed E-state index contributed by atoms with van der Waals surface area (Å²) in [7, 11) is 0. The first kappa shape index (κ1) is 16.6. The van der Waals surface area contributed by atoms with Crippen LogP contribution in [0.3, 0.4) is 0 Å². The summed E-state index contributed by atoms with van der Waals surface area (Å²) < 4.78 is 24.4. The SMILES string of the molecule is Cc1oc(-c2cccc(F)c2)nc1CC(=O)N1CCOCC1(C)C. The minimum absolute atomic E-state index is 0.00880. The van der Waals surface area contributed by atoms with Crippen molar-refractivity contribution in [3.8, 4) is 11.5 Å². The maximum atomic E-state index is 13.4. The molecule has 1 amide bonds.